The fourth-order valence-electron chi connectivity index (χ4n) is 5.69. The maximum absolute atomic E-state index is 12.3. The molecule has 61 heavy (non-hydrogen) atoms. The number of ether oxygens (including phenoxy) is 2. The Hall–Kier alpha value is -7.92. The molecule has 6 rings (SSSR count). The molecule has 0 unspecified atom stereocenters. The van der Waals surface area contributed by atoms with Crippen LogP contribution in [0.5, 0.6) is 0 Å². The lowest BCUT2D eigenvalue weighted by Gasteiger charge is -2.10. The zero-order valence-corrected chi connectivity index (χ0v) is 33.2. The topological polar surface area (TPSA) is 233 Å². The molecule has 0 aliphatic rings. The first-order chi connectivity index (χ1) is 29.5. The molecule has 17 nitrogen and oxygen atoms in total. The molecule has 5 N–H and O–H groups in total. The number of aromatic carboxylic acids is 1. The summed E-state index contributed by atoms with van der Waals surface area (Å²) < 4.78 is 12.4. The Morgan fingerprint density at radius 3 is 1.46 bits per heavy atom. The number of hydrogen-bond acceptors (Lipinski definition) is 11. The summed E-state index contributed by atoms with van der Waals surface area (Å²) in [5, 5.41) is 34.5. The third-order valence-corrected chi connectivity index (χ3v) is 8.56. The Morgan fingerprint density at radius 2 is 1.05 bits per heavy atom. The summed E-state index contributed by atoms with van der Waals surface area (Å²) in [6.45, 7) is 4.46. The molecule has 2 aromatic heterocycles. The fourth-order valence-corrected chi connectivity index (χ4v) is 5.69. The number of aromatic nitrogens is 4. The third-order valence-electron chi connectivity index (χ3n) is 8.56. The van der Waals surface area contributed by atoms with Crippen LogP contribution in [0, 0.1) is 0 Å². The second-order valence-corrected chi connectivity index (χ2v) is 13.0. The Kier molecular flexibility index (Phi) is 15.7. The van der Waals surface area contributed by atoms with Crippen LogP contribution in [-0.4, -0.2) is 80.2 Å². The molecule has 0 aliphatic carbocycles. The number of nitrogens with one attached hydrogen (secondary N) is 3. The monoisotopic (exact) mass is 829 g/mol. The van der Waals surface area contributed by atoms with Crippen molar-refractivity contribution in [2.24, 2.45) is 0 Å². The third kappa shape index (κ3) is 13.0. The molecular weight excluding hydrogens is 787 g/mol. The second-order valence-electron chi connectivity index (χ2n) is 13.0. The van der Waals surface area contributed by atoms with Gasteiger partial charge in [-0.3, -0.25) is 25.0 Å². The summed E-state index contributed by atoms with van der Waals surface area (Å²) in [5.74, 6) is -1.29. The molecule has 0 atom stereocenters. The molecule has 0 radical (unpaired) electrons. The average Bonchev–Trinajstić information content (AvgIpc) is 3.25. The molecule has 2 heterocycles. The van der Waals surface area contributed by atoms with Gasteiger partial charge < -0.3 is 25.0 Å². The maximum Gasteiger partial charge on any atom is 0.411 e. The molecule has 0 bridgehead atoms. The van der Waals surface area contributed by atoms with E-state index >= 15 is 0 Å². The summed E-state index contributed by atoms with van der Waals surface area (Å²) in [4.78, 5) is 70.7. The summed E-state index contributed by atoms with van der Waals surface area (Å²) in [6.07, 6.45) is -1.10. The van der Waals surface area contributed by atoms with Gasteiger partial charge in [0.1, 0.15) is 0 Å². The molecule has 17 heteroatoms. The Balaban J connectivity index is 0.000000232. The lowest BCUT2D eigenvalue weighted by atomic mass is 10.1. The zero-order chi connectivity index (χ0) is 43.7. The zero-order valence-electron chi connectivity index (χ0n) is 33.2. The number of amides is 3. The smallest absolute Gasteiger partial charge is 0.411 e. The Labute approximate surface area is 349 Å². The minimum Gasteiger partial charge on any atom is -0.478 e. The van der Waals surface area contributed by atoms with Crippen molar-refractivity contribution in [3.05, 3.63) is 164 Å². The second kappa shape index (κ2) is 21.7. The quantitative estimate of drug-likeness (QED) is 0.0920. The molecule has 4 aromatic carbocycles. The van der Waals surface area contributed by atoms with Crippen molar-refractivity contribution in [2.75, 3.05) is 37.0 Å². The van der Waals surface area contributed by atoms with Gasteiger partial charge >= 0.3 is 18.2 Å². The maximum atomic E-state index is 12.3. The van der Waals surface area contributed by atoms with E-state index in [-0.39, 0.29) is 62.0 Å². The van der Waals surface area contributed by atoms with Crippen LogP contribution in [0.25, 0.3) is 22.5 Å². The number of carbonyl (C=O) groups is 4. The van der Waals surface area contributed by atoms with Crippen LogP contribution in [0.3, 0.4) is 0 Å². The van der Waals surface area contributed by atoms with Crippen LogP contribution in [0.1, 0.15) is 45.7 Å². The van der Waals surface area contributed by atoms with Gasteiger partial charge in [0.15, 0.2) is 0 Å². The standard InChI is InChI=1S/C23H24N4O5.C21H19N3O5/c1-2-32-23(31)25-19-5-3-4-16(14-19)15-27-21(29)11-10-20(26-27)17-6-8-18(9-7-17)22(30)24-12-13-28;1-2-29-21(28)22-17-5-3-4-14(12-17)13-24-19(25)11-10-18(23-24)15-6-8-16(9-7-15)20(26)27/h3-11,14,28H,2,12-13,15H2,1H3,(H,24,30)(H,25,31);3-12H,2,13H2,1H3,(H,22,28)(H,26,27). The molecule has 0 saturated heterocycles. The van der Waals surface area contributed by atoms with E-state index in [0.29, 0.717) is 33.9 Å². The van der Waals surface area contributed by atoms with Crippen LogP contribution in [-0.2, 0) is 22.6 Å². The van der Waals surface area contributed by atoms with Gasteiger partial charge in [0.2, 0.25) is 0 Å². The number of carboxylic acid groups (broad SMARTS) is 1. The fraction of sp³-hybridized carbons (Fsp3) is 0.182. The van der Waals surface area contributed by atoms with Crippen molar-refractivity contribution in [1.82, 2.24) is 24.9 Å². The first kappa shape index (κ1) is 44.2. The van der Waals surface area contributed by atoms with E-state index in [2.05, 4.69) is 26.1 Å². The summed E-state index contributed by atoms with van der Waals surface area (Å²) in [7, 11) is 0. The summed E-state index contributed by atoms with van der Waals surface area (Å²) >= 11 is 0. The predicted octanol–water partition coefficient (Wildman–Crippen LogP) is 5.47. The van der Waals surface area contributed by atoms with E-state index in [0.717, 1.165) is 16.7 Å². The van der Waals surface area contributed by atoms with Crippen molar-refractivity contribution in [3.8, 4) is 22.5 Å². The highest BCUT2D eigenvalue weighted by molar-refractivity contribution is 5.94. The van der Waals surface area contributed by atoms with Gasteiger partial charge in [-0.15, -0.1) is 0 Å². The number of carboxylic acids is 1. The van der Waals surface area contributed by atoms with Crippen molar-refractivity contribution >= 4 is 35.4 Å². The molecule has 0 spiro atoms. The largest absolute Gasteiger partial charge is 0.478 e. The first-order valence-corrected chi connectivity index (χ1v) is 19.0. The highest BCUT2D eigenvalue weighted by Crippen LogP contribution is 2.19. The number of hydrogen-bond donors (Lipinski definition) is 5. The van der Waals surface area contributed by atoms with E-state index in [1.54, 1.807) is 98.8 Å². The Morgan fingerprint density at radius 1 is 0.607 bits per heavy atom. The van der Waals surface area contributed by atoms with E-state index in [1.165, 1.54) is 33.6 Å². The van der Waals surface area contributed by atoms with Gasteiger partial charge in [0.25, 0.3) is 17.0 Å². The van der Waals surface area contributed by atoms with E-state index in [9.17, 15) is 28.8 Å². The predicted molar refractivity (Wildman–Crippen MR) is 227 cm³/mol. The van der Waals surface area contributed by atoms with Gasteiger partial charge in [-0.1, -0.05) is 48.5 Å². The van der Waals surface area contributed by atoms with Crippen LogP contribution in [0.2, 0.25) is 0 Å². The van der Waals surface area contributed by atoms with Gasteiger partial charge in [-0.2, -0.15) is 10.2 Å². The van der Waals surface area contributed by atoms with Crippen LogP contribution in [0.15, 0.2) is 131 Å². The molecule has 0 aliphatic heterocycles. The Bertz CT molecular complexity index is 2590. The number of nitrogens with zero attached hydrogens (tertiary/aromatic N) is 4. The van der Waals surface area contributed by atoms with Gasteiger partial charge in [0.05, 0.1) is 49.9 Å². The molecule has 3 amide bonds. The van der Waals surface area contributed by atoms with E-state index in [1.807, 2.05) is 12.1 Å². The minimum atomic E-state index is -1.01. The van der Waals surface area contributed by atoms with E-state index in [4.69, 9.17) is 19.7 Å². The minimum absolute atomic E-state index is 0.128. The van der Waals surface area contributed by atoms with Crippen molar-refractivity contribution < 1.29 is 38.9 Å². The lowest BCUT2D eigenvalue weighted by Crippen LogP contribution is -2.26. The molecule has 0 saturated carbocycles. The number of anilines is 2. The van der Waals surface area contributed by atoms with Crippen LogP contribution < -0.4 is 27.1 Å². The lowest BCUT2D eigenvalue weighted by molar-refractivity contribution is 0.0696. The highest BCUT2D eigenvalue weighted by Gasteiger charge is 2.11. The summed E-state index contributed by atoms with van der Waals surface area (Å²) in [5.41, 5.74) is 5.31. The molecule has 0 fully saturated rings. The highest BCUT2D eigenvalue weighted by atomic mass is 16.6. The van der Waals surface area contributed by atoms with Crippen molar-refractivity contribution in [3.63, 3.8) is 0 Å². The molecular formula is C44H43N7O10. The van der Waals surface area contributed by atoms with E-state index < -0.39 is 18.2 Å². The first-order valence-electron chi connectivity index (χ1n) is 19.0. The van der Waals surface area contributed by atoms with Crippen LogP contribution >= 0.6 is 0 Å². The summed E-state index contributed by atoms with van der Waals surface area (Å²) in [6, 6.07) is 33.2. The SMILES string of the molecule is CCOC(=O)Nc1cccc(Cn2nc(-c3ccc(C(=O)NCCO)cc3)ccc2=O)c1.CCOC(=O)Nc1cccc(Cn2nc(-c3ccc(C(=O)O)cc3)ccc2=O)c1. The van der Waals surface area contributed by atoms with Gasteiger partial charge in [0, 0.05) is 46.7 Å². The van der Waals surface area contributed by atoms with Gasteiger partial charge in [-0.25, -0.2) is 23.7 Å². The average molecular weight is 830 g/mol. The molecule has 6 aromatic rings. The number of aliphatic hydroxyl groups is 1. The number of benzene rings is 4. The number of aliphatic hydroxyl groups excluding tert-OH is 1. The van der Waals surface area contributed by atoms with Crippen LogP contribution in [0.4, 0.5) is 21.0 Å². The number of rotatable bonds is 14. The number of carbonyl (C=O) groups excluding carboxylic acids is 3. The van der Waals surface area contributed by atoms with Crippen molar-refractivity contribution in [1.29, 1.82) is 0 Å². The van der Waals surface area contributed by atoms with Crippen molar-refractivity contribution in [2.45, 2.75) is 26.9 Å². The normalized spacial score (nSPS) is 10.4. The molecule has 314 valence electrons. The van der Waals surface area contributed by atoms with Gasteiger partial charge in [-0.05, 0) is 85.6 Å².